The van der Waals surface area contributed by atoms with Crippen molar-refractivity contribution in [3.63, 3.8) is 0 Å². The molecular formula is C21H22ClN3O3. The Morgan fingerprint density at radius 3 is 3.00 bits per heavy atom. The summed E-state index contributed by atoms with van der Waals surface area (Å²) in [6.45, 7) is 1.85. The van der Waals surface area contributed by atoms with Crippen LogP contribution in [0.4, 0.5) is 5.69 Å². The molecule has 1 atom stereocenters. The Kier molecular flexibility index (Phi) is 4.98. The maximum atomic E-state index is 11.9. The summed E-state index contributed by atoms with van der Waals surface area (Å²) in [6.07, 6.45) is 6.96. The standard InChI is InChI=1S/C21H22ClN3O3/c1-3-19(26)24-17-6-4-5-13-14(9-23-10-15(13)17)12-7-16(22)21-18(8-12)28-11-20(27)25(21)2/h7-10,17H,3-6,11H2,1-2H3,(H,24,26)/t17-/m1/s1. The fourth-order valence-electron chi connectivity index (χ4n) is 3.94. The van der Waals surface area contributed by atoms with E-state index in [2.05, 4.69) is 10.3 Å². The van der Waals surface area contributed by atoms with Gasteiger partial charge in [0.2, 0.25) is 5.91 Å². The monoisotopic (exact) mass is 399 g/mol. The van der Waals surface area contributed by atoms with Gasteiger partial charge >= 0.3 is 0 Å². The molecule has 1 aliphatic heterocycles. The summed E-state index contributed by atoms with van der Waals surface area (Å²) in [5, 5.41) is 3.57. The zero-order valence-electron chi connectivity index (χ0n) is 15.9. The van der Waals surface area contributed by atoms with Crippen molar-refractivity contribution < 1.29 is 14.3 Å². The van der Waals surface area contributed by atoms with Gasteiger partial charge in [0.1, 0.15) is 11.4 Å². The van der Waals surface area contributed by atoms with E-state index >= 15 is 0 Å². The van der Waals surface area contributed by atoms with Crippen LogP contribution in [0.5, 0.6) is 5.75 Å². The number of hydrogen-bond donors (Lipinski definition) is 1. The number of hydrogen-bond acceptors (Lipinski definition) is 4. The summed E-state index contributed by atoms with van der Waals surface area (Å²) in [5.74, 6) is 0.505. The lowest BCUT2D eigenvalue weighted by atomic mass is 9.84. The Hall–Kier alpha value is -2.60. The first-order chi connectivity index (χ1) is 13.5. The van der Waals surface area contributed by atoms with Crippen molar-refractivity contribution in [2.24, 2.45) is 0 Å². The van der Waals surface area contributed by atoms with Crippen molar-refractivity contribution in [2.45, 2.75) is 38.6 Å². The molecule has 2 heterocycles. The lowest BCUT2D eigenvalue weighted by Gasteiger charge is -2.29. The van der Waals surface area contributed by atoms with Crippen LogP contribution in [0.3, 0.4) is 0 Å². The van der Waals surface area contributed by atoms with E-state index in [4.69, 9.17) is 16.3 Å². The van der Waals surface area contributed by atoms with E-state index in [0.29, 0.717) is 22.9 Å². The first-order valence-corrected chi connectivity index (χ1v) is 9.86. The van der Waals surface area contributed by atoms with Crippen LogP contribution in [0, 0.1) is 0 Å². The third-order valence-electron chi connectivity index (χ3n) is 5.44. The average Bonchev–Trinajstić information content (AvgIpc) is 2.70. The van der Waals surface area contributed by atoms with E-state index < -0.39 is 0 Å². The molecule has 0 saturated carbocycles. The predicted molar refractivity (Wildman–Crippen MR) is 108 cm³/mol. The zero-order chi connectivity index (χ0) is 19.8. The van der Waals surface area contributed by atoms with E-state index in [1.54, 1.807) is 7.05 Å². The number of pyridine rings is 1. The SMILES string of the molecule is CCC(=O)N[C@@H]1CCCc2c(-c3cc(Cl)c4c(c3)OCC(=O)N4C)cncc21. The molecule has 2 aliphatic rings. The fourth-order valence-corrected chi connectivity index (χ4v) is 4.28. The van der Waals surface area contributed by atoms with Gasteiger partial charge in [-0.2, -0.15) is 0 Å². The number of likely N-dealkylation sites (N-methyl/N-ethyl adjacent to an activating group) is 1. The van der Waals surface area contributed by atoms with Crippen LogP contribution in [0.15, 0.2) is 24.5 Å². The number of aromatic nitrogens is 1. The second-order valence-corrected chi connectivity index (χ2v) is 7.57. The predicted octanol–water partition coefficient (Wildman–Crippen LogP) is 3.66. The quantitative estimate of drug-likeness (QED) is 0.854. The van der Waals surface area contributed by atoms with Gasteiger partial charge in [-0.25, -0.2) is 0 Å². The summed E-state index contributed by atoms with van der Waals surface area (Å²) in [7, 11) is 1.70. The molecule has 0 radical (unpaired) electrons. The van der Waals surface area contributed by atoms with Crippen LogP contribution >= 0.6 is 11.6 Å². The summed E-state index contributed by atoms with van der Waals surface area (Å²) < 4.78 is 5.63. The Bertz CT molecular complexity index is 960. The highest BCUT2D eigenvalue weighted by molar-refractivity contribution is 6.34. The molecule has 2 aromatic rings. The van der Waals surface area contributed by atoms with Gasteiger partial charge in [-0.3, -0.25) is 14.6 Å². The molecule has 0 unspecified atom stereocenters. The van der Waals surface area contributed by atoms with Crippen molar-refractivity contribution in [2.75, 3.05) is 18.6 Å². The number of carbonyl (C=O) groups excluding carboxylic acids is 2. The number of benzene rings is 1. The highest BCUT2D eigenvalue weighted by atomic mass is 35.5. The molecule has 7 heteroatoms. The number of carbonyl (C=O) groups is 2. The van der Waals surface area contributed by atoms with Crippen LogP contribution in [0.1, 0.15) is 43.4 Å². The second kappa shape index (κ2) is 7.43. The fraction of sp³-hybridized carbons (Fsp3) is 0.381. The smallest absolute Gasteiger partial charge is 0.264 e. The maximum absolute atomic E-state index is 11.9. The molecule has 1 aromatic carbocycles. The summed E-state index contributed by atoms with van der Waals surface area (Å²) in [6, 6.07) is 3.75. The van der Waals surface area contributed by atoms with Gasteiger partial charge in [0.15, 0.2) is 6.61 Å². The largest absolute Gasteiger partial charge is 0.481 e. The van der Waals surface area contributed by atoms with E-state index in [0.717, 1.165) is 36.0 Å². The van der Waals surface area contributed by atoms with E-state index in [1.165, 1.54) is 10.5 Å². The normalized spacial score (nSPS) is 18.2. The lowest BCUT2D eigenvalue weighted by Crippen LogP contribution is -2.35. The zero-order valence-corrected chi connectivity index (χ0v) is 16.7. The van der Waals surface area contributed by atoms with Crippen molar-refractivity contribution in [3.05, 3.63) is 40.7 Å². The third-order valence-corrected chi connectivity index (χ3v) is 5.73. The van der Waals surface area contributed by atoms with Crippen molar-refractivity contribution in [1.82, 2.24) is 10.3 Å². The van der Waals surface area contributed by atoms with Gasteiger partial charge in [-0.05, 0) is 48.1 Å². The molecule has 2 amide bonds. The Morgan fingerprint density at radius 1 is 1.39 bits per heavy atom. The van der Waals surface area contributed by atoms with Crippen LogP contribution < -0.4 is 15.0 Å². The van der Waals surface area contributed by atoms with Gasteiger partial charge in [-0.15, -0.1) is 0 Å². The third kappa shape index (κ3) is 3.22. The number of nitrogens with one attached hydrogen (secondary N) is 1. The lowest BCUT2D eigenvalue weighted by molar-refractivity contribution is -0.122. The van der Waals surface area contributed by atoms with Gasteiger partial charge in [0.05, 0.1) is 11.1 Å². The molecule has 0 bridgehead atoms. The number of halogens is 1. The molecule has 0 spiro atoms. The minimum absolute atomic E-state index is 0.000444. The Labute approximate surface area is 168 Å². The number of anilines is 1. The average molecular weight is 400 g/mol. The summed E-state index contributed by atoms with van der Waals surface area (Å²) >= 11 is 6.51. The highest BCUT2D eigenvalue weighted by Gasteiger charge is 2.28. The topological polar surface area (TPSA) is 71.5 Å². The Morgan fingerprint density at radius 2 is 2.21 bits per heavy atom. The molecule has 6 nitrogen and oxygen atoms in total. The van der Waals surface area contributed by atoms with Crippen LogP contribution in [0.25, 0.3) is 11.1 Å². The second-order valence-electron chi connectivity index (χ2n) is 7.17. The first-order valence-electron chi connectivity index (χ1n) is 9.49. The number of amides is 2. The van der Waals surface area contributed by atoms with Crippen LogP contribution in [0.2, 0.25) is 5.02 Å². The molecule has 0 saturated heterocycles. The van der Waals surface area contributed by atoms with Gasteiger partial charge < -0.3 is 15.0 Å². The molecule has 28 heavy (non-hydrogen) atoms. The number of fused-ring (bicyclic) bond motifs is 2. The molecule has 1 N–H and O–H groups in total. The van der Waals surface area contributed by atoms with E-state index in [9.17, 15) is 9.59 Å². The highest BCUT2D eigenvalue weighted by Crippen LogP contribution is 2.43. The van der Waals surface area contributed by atoms with Crippen LogP contribution in [-0.2, 0) is 16.0 Å². The van der Waals surface area contributed by atoms with Gasteiger partial charge in [-0.1, -0.05) is 18.5 Å². The minimum Gasteiger partial charge on any atom is -0.481 e. The molecule has 0 fully saturated rings. The number of nitrogens with zero attached hydrogens (tertiary/aromatic N) is 2. The molecular weight excluding hydrogens is 378 g/mol. The van der Waals surface area contributed by atoms with Gasteiger partial charge in [0.25, 0.3) is 5.91 Å². The minimum atomic E-state index is -0.129. The van der Waals surface area contributed by atoms with E-state index in [-0.39, 0.29) is 24.5 Å². The molecule has 1 aromatic heterocycles. The summed E-state index contributed by atoms with van der Waals surface area (Å²) in [4.78, 5) is 29.8. The van der Waals surface area contributed by atoms with Crippen LogP contribution in [-0.4, -0.2) is 30.5 Å². The van der Waals surface area contributed by atoms with Gasteiger partial charge in [0, 0.05) is 31.4 Å². The molecule has 1 aliphatic carbocycles. The first kappa shape index (κ1) is 18.7. The molecule has 146 valence electrons. The number of ether oxygens (including phenoxy) is 1. The van der Waals surface area contributed by atoms with Crippen molar-refractivity contribution in [1.29, 1.82) is 0 Å². The summed E-state index contributed by atoms with van der Waals surface area (Å²) in [5.41, 5.74) is 4.72. The maximum Gasteiger partial charge on any atom is 0.264 e. The van der Waals surface area contributed by atoms with Crippen molar-refractivity contribution >= 4 is 29.1 Å². The number of rotatable bonds is 3. The van der Waals surface area contributed by atoms with E-state index in [1.807, 2.05) is 31.5 Å². The van der Waals surface area contributed by atoms with Crippen molar-refractivity contribution in [3.8, 4) is 16.9 Å². The Balaban J connectivity index is 1.77. The molecule has 4 rings (SSSR count).